The molecule has 18 heavy (non-hydrogen) atoms. The number of carbonyl (C=O) groups is 1. The Bertz CT molecular complexity index is 437. The molecular weight excluding hydrogens is 262 g/mol. The minimum atomic E-state index is -2.41. The second-order valence-corrected chi connectivity index (χ2v) is 5.03. The molecule has 1 atom stereocenters. The van der Waals surface area contributed by atoms with Gasteiger partial charge in [-0.25, -0.2) is 13.8 Å². The quantitative estimate of drug-likeness (QED) is 0.839. The molecule has 1 heterocycles. The molecule has 0 fully saturated rings. The second-order valence-electron chi connectivity index (χ2n) is 3.94. The molecule has 0 aromatic carbocycles. The number of anilines is 1. The SMILES string of the molecule is CCOC(=O)C1CCc2sc(NCC(F)F)nc21. The van der Waals surface area contributed by atoms with E-state index in [-0.39, 0.29) is 11.9 Å². The third kappa shape index (κ3) is 2.77. The summed E-state index contributed by atoms with van der Waals surface area (Å²) < 4.78 is 29.1. The van der Waals surface area contributed by atoms with Crippen molar-refractivity contribution in [3.8, 4) is 0 Å². The van der Waals surface area contributed by atoms with Crippen molar-refractivity contribution in [3.05, 3.63) is 10.6 Å². The van der Waals surface area contributed by atoms with Gasteiger partial charge in [-0.05, 0) is 19.8 Å². The molecule has 2 rings (SSSR count). The van der Waals surface area contributed by atoms with E-state index in [1.165, 1.54) is 11.3 Å². The number of hydrogen-bond acceptors (Lipinski definition) is 5. The highest BCUT2D eigenvalue weighted by molar-refractivity contribution is 7.15. The first-order valence-electron chi connectivity index (χ1n) is 5.80. The summed E-state index contributed by atoms with van der Waals surface area (Å²) in [6.07, 6.45) is -0.959. The van der Waals surface area contributed by atoms with Gasteiger partial charge in [0.15, 0.2) is 5.13 Å². The van der Waals surface area contributed by atoms with Crippen molar-refractivity contribution in [1.29, 1.82) is 0 Å². The van der Waals surface area contributed by atoms with Gasteiger partial charge in [-0.15, -0.1) is 11.3 Å². The third-order valence-electron chi connectivity index (χ3n) is 2.70. The van der Waals surface area contributed by atoms with Crippen molar-refractivity contribution in [2.45, 2.75) is 32.1 Å². The van der Waals surface area contributed by atoms with Crippen LogP contribution in [0.4, 0.5) is 13.9 Å². The first-order valence-corrected chi connectivity index (χ1v) is 6.61. The molecule has 0 spiro atoms. The summed E-state index contributed by atoms with van der Waals surface area (Å²) in [7, 11) is 0. The lowest BCUT2D eigenvalue weighted by atomic mass is 10.1. The summed E-state index contributed by atoms with van der Waals surface area (Å²) in [5.74, 6) is -0.611. The van der Waals surface area contributed by atoms with Gasteiger partial charge in [-0.1, -0.05) is 0 Å². The molecule has 7 heteroatoms. The monoisotopic (exact) mass is 276 g/mol. The highest BCUT2D eigenvalue weighted by atomic mass is 32.1. The summed E-state index contributed by atoms with van der Waals surface area (Å²) in [6.45, 7) is 1.67. The van der Waals surface area contributed by atoms with Crippen LogP contribution in [0.15, 0.2) is 0 Å². The van der Waals surface area contributed by atoms with E-state index >= 15 is 0 Å². The standard InChI is InChI=1S/C11H14F2N2O2S/c1-2-17-10(16)6-3-4-7-9(6)15-11(18-7)14-5-8(12)13/h6,8H,2-5H2,1H3,(H,14,15). The zero-order valence-corrected chi connectivity index (χ0v) is 10.7. The normalized spacial score (nSPS) is 17.9. The predicted molar refractivity (Wildman–Crippen MR) is 64.3 cm³/mol. The smallest absolute Gasteiger partial charge is 0.315 e. The average molecular weight is 276 g/mol. The summed E-state index contributed by atoms with van der Waals surface area (Å²) in [4.78, 5) is 16.9. The fourth-order valence-electron chi connectivity index (χ4n) is 1.94. The molecule has 0 bridgehead atoms. The van der Waals surface area contributed by atoms with Crippen molar-refractivity contribution in [2.24, 2.45) is 0 Å². The Kier molecular flexibility index (Phi) is 4.11. The molecule has 0 aliphatic heterocycles. The molecule has 4 nitrogen and oxygen atoms in total. The fraction of sp³-hybridized carbons (Fsp3) is 0.636. The number of thiazole rings is 1. The van der Waals surface area contributed by atoms with Crippen molar-refractivity contribution in [2.75, 3.05) is 18.5 Å². The maximum absolute atomic E-state index is 12.1. The van der Waals surface area contributed by atoms with Crippen molar-refractivity contribution in [1.82, 2.24) is 4.98 Å². The molecule has 0 saturated heterocycles. The number of esters is 1. The lowest BCUT2D eigenvalue weighted by molar-refractivity contribution is -0.145. The largest absolute Gasteiger partial charge is 0.465 e. The lowest BCUT2D eigenvalue weighted by Crippen LogP contribution is -2.14. The number of carbonyl (C=O) groups excluding carboxylic acids is 1. The maximum Gasteiger partial charge on any atom is 0.315 e. The van der Waals surface area contributed by atoms with E-state index in [2.05, 4.69) is 10.3 Å². The molecular formula is C11H14F2N2O2S. The van der Waals surface area contributed by atoms with Gasteiger partial charge in [0.1, 0.15) is 5.92 Å². The average Bonchev–Trinajstić information content (AvgIpc) is 2.85. The van der Waals surface area contributed by atoms with Crippen LogP contribution < -0.4 is 5.32 Å². The molecule has 1 aliphatic rings. The Labute approximate surface area is 107 Å². The van der Waals surface area contributed by atoms with Crippen LogP contribution in [0.1, 0.15) is 29.8 Å². The van der Waals surface area contributed by atoms with E-state index in [0.29, 0.717) is 23.9 Å². The Morgan fingerprint density at radius 2 is 2.44 bits per heavy atom. The molecule has 1 unspecified atom stereocenters. The lowest BCUT2D eigenvalue weighted by Gasteiger charge is -2.08. The van der Waals surface area contributed by atoms with Crippen LogP contribution in [0.25, 0.3) is 0 Å². The van der Waals surface area contributed by atoms with E-state index in [4.69, 9.17) is 4.74 Å². The number of hydrogen-bond donors (Lipinski definition) is 1. The molecule has 1 aromatic heterocycles. The minimum absolute atomic E-state index is 0.276. The van der Waals surface area contributed by atoms with E-state index in [1.807, 2.05) is 0 Å². The van der Waals surface area contributed by atoms with Crippen molar-refractivity contribution >= 4 is 22.4 Å². The van der Waals surface area contributed by atoms with Gasteiger partial charge in [0, 0.05) is 4.88 Å². The number of rotatable bonds is 5. The third-order valence-corrected chi connectivity index (χ3v) is 3.79. The van der Waals surface area contributed by atoms with Crippen LogP contribution in [-0.4, -0.2) is 30.5 Å². The van der Waals surface area contributed by atoms with Crippen LogP contribution in [0.5, 0.6) is 0 Å². The molecule has 0 amide bonds. The van der Waals surface area contributed by atoms with Gasteiger partial charge in [0.2, 0.25) is 0 Å². The van der Waals surface area contributed by atoms with E-state index in [1.54, 1.807) is 6.92 Å². The molecule has 0 radical (unpaired) electrons. The molecule has 100 valence electrons. The van der Waals surface area contributed by atoms with Gasteiger partial charge in [-0.2, -0.15) is 0 Å². The Hall–Kier alpha value is -1.24. The van der Waals surface area contributed by atoms with Crippen LogP contribution >= 0.6 is 11.3 Å². The van der Waals surface area contributed by atoms with E-state index in [0.717, 1.165) is 11.3 Å². The topological polar surface area (TPSA) is 51.2 Å². The van der Waals surface area contributed by atoms with Gasteiger partial charge >= 0.3 is 5.97 Å². The van der Waals surface area contributed by atoms with E-state index < -0.39 is 13.0 Å². The molecule has 1 aromatic rings. The second kappa shape index (κ2) is 5.60. The Balaban J connectivity index is 2.05. The molecule has 0 saturated carbocycles. The van der Waals surface area contributed by atoms with Gasteiger partial charge in [0.05, 0.1) is 18.8 Å². The van der Waals surface area contributed by atoms with Crippen molar-refractivity contribution in [3.63, 3.8) is 0 Å². The van der Waals surface area contributed by atoms with Crippen LogP contribution in [0, 0.1) is 0 Å². The first kappa shape index (κ1) is 13.2. The Morgan fingerprint density at radius 3 is 3.11 bits per heavy atom. The number of alkyl halides is 2. The zero-order chi connectivity index (χ0) is 13.1. The first-order chi connectivity index (χ1) is 8.61. The van der Waals surface area contributed by atoms with Gasteiger partial charge in [0.25, 0.3) is 6.43 Å². The maximum atomic E-state index is 12.1. The number of halogens is 2. The zero-order valence-electron chi connectivity index (χ0n) is 9.91. The summed E-state index contributed by atoms with van der Waals surface area (Å²) in [6, 6.07) is 0. The summed E-state index contributed by atoms with van der Waals surface area (Å²) >= 11 is 1.34. The predicted octanol–water partition coefficient (Wildman–Crippen LogP) is 2.41. The summed E-state index contributed by atoms with van der Waals surface area (Å²) in [5, 5.41) is 3.02. The van der Waals surface area contributed by atoms with Gasteiger partial charge in [-0.3, -0.25) is 4.79 Å². The molecule has 1 aliphatic carbocycles. The molecule has 1 N–H and O–H groups in total. The van der Waals surface area contributed by atoms with Crippen LogP contribution in [0.3, 0.4) is 0 Å². The number of nitrogens with one attached hydrogen (secondary N) is 1. The van der Waals surface area contributed by atoms with E-state index in [9.17, 15) is 13.6 Å². The number of fused-ring (bicyclic) bond motifs is 1. The highest BCUT2D eigenvalue weighted by Gasteiger charge is 2.33. The van der Waals surface area contributed by atoms with Crippen LogP contribution in [-0.2, 0) is 16.0 Å². The van der Waals surface area contributed by atoms with Gasteiger partial charge < -0.3 is 10.1 Å². The Morgan fingerprint density at radius 1 is 1.67 bits per heavy atom. The number of aromatic nitrogens is 1. The number of nitrogens with zero attached hydrogens (tertiary/aromatic N) is 1. The van der Waals surface area contributed by atoms with Crippen LogP contribution in [0.2, 0.25) is 0 Å². The fourth-order valence-corrected chi connectivity index (χ4v) is 2.98. The summed E-state index contributed by atoms with van der Waals surface area (Å²) in [5.41, 5.74) is 0.690. The highest BCUT2D eigenvalue weighted by Crippen LogP contribution is 2.38. The van der Waals surface area contributed by atoms with Crippen molar-refractivity contribution < 1.29 is 18.3 Å². The number of aryl methyl sites for hydroxylation is 1. The number of ether oxygens (including phenoxy) is 1. The minimum Gasteiger partial charge on any atom is -0.465 e.